The highest BCUT2D eigenvalue weighted by Crippen LogP contribution is 2.32. The zero-order valence-electron chi connectivity index (χ0n) is 9.58. The number of rotatable bonds is 2. The van der Waals surface area contributed by atoms with E-state index in [1.54, 1.807) is 12.3 Å². The number of pyridine rings is 1. The Balaban J connectivity index is 1.66. The van der Waals surface area contributed by atoms with Gasteiger partial charge in [0, 0.05) is 19.2 Å². The van der Waals surface area contributed by atoms with Gasteiger partial charge < -0.3 is 15.4 Å². The number of nitrogens with zero attached hydrogens (tertiary/aromatic N) is 1. The predicted molar refractivity (Wildman–Crippen MR) is 62.4 cm³/mol. The summed E-state index contributed by atoms with van der Waals surface area (Å²) in [4.78, 5) is 4.00. The van der Waals surface area contributed by atoms with Crippen LogP contribution < -0.4 is 10.6 Å². The normalized spacial score (nSPS) is 32.2. The number of ether oxygens (including phenoxy) is 1. The molecule has 0 saturated carbocycles. The third-order valence-corrected chi connectivity index (χ3v) is 3.51. The molecular formula is C12H16FN3O. The van der Waals surface area contributed by atoms with Crippen LogP contribution in [0.4, 0.5) is 10.2 Å². The van der Waals surface area contributed by atoms with E-state index in [1.807, 2.05) is 0 Å². The molecule has 1 aromatic rings. The Morgan fingerprint density at radius 1 is 1.59 bits per heavy atom. The summed E-state index contributed by atoms with van der Waals surface area (Å²) in [7, 11) is 0. The van der Waals surface area contributed by atoms with Gasteiger partial charge in [0.25, 0.3) is 0 Å². The second kappa shape index (κ2) is 4.23. The van der Waals surface area contributed by atoms with Crippen molar-refractivity contribution in [2.75, 3.05) is 25.0 Å². The van der Waals surface area contributed by atoms with E-state index in [2.05, 4.69) is 15.6 Å². The van der Waals surface area contributed by atoms with Crippen LogP contribution in [0.5, 0.6) is 0 Å². The average Bonchev–Trinajstić information content (AvgIpc) is 2.94. The van der Waals surface area contributed by atoms with Crippen molar-refractivity contribution in [2.45, 2.75) is 24.5 Å². The molecule has 5 heteroatoms. The van der Waals surface area contributed by atoms with Crippen molar-refractivity contribution in [3.63, 3.8) is 0 Å². The number of anilines is 1. The van der Waals surface area contributed by atoms with Gasteiger partial charge in [0.05, 0.1) is 18.2 Å². The standard InChI is InChI=1S/C12H16FN3O/c13-10-2-1-4-15-11(10)16-9-6-12(17-7-9)3-5-14-8-12/h1-2,4,9,14H,3,5-8H2,(H,15,16)/t9-,12-/m1/s1. The van der Waals surface area contributed by atoms with E-state index in [1.165, 1.54) is 6.07 Å². The fourth-order valence-electron chi connectivity index (χ4n) is 2.64. The zero-order chi connectivity index (χ0) is 11.7. The van der Waals surface area contributed by atoms with E-state index in [0.29, 0.717) is 12.4 Å². The molecule has 0 radical (unpaired) electrons. The molecule has 2 atom stereocenters. The first-order valence-corrected chi connectivity index (χ1v) is 5.99. The highest BCUT2D eigenvalue weighted by atomic mass is 19.1. The van der Waals surface area contributed by atoms with E-state index < -0.39 is 0 Å². The van der Waals surface area contributed by atoms with Gasteiger partial charge in [0.2, 0.25) is 0 Å². The van der Waals surface area contributed by atoms with Gasteiger partial charge in [-0.1, -0.05) is 0 Å². The van der Waals surface area contributed by atoms with Gasteiger partial charge in [0.15, 0.2) is 11.6 Å². The van der Waals surface area contributed by atoms with Crippen LogP contribution in [0.2, 0.25) is 0 Å². The molecule has 2 aliphatic rings. The lowest BCUT2D eigenvalue weighted by molar-refractivity contribution is 0.0214. The van der Waals surface area contributed by atoms with Crippen LogP contribution in [0.3, 0.4) is 0 Å². The molecule has 3 rings (SSSR count). The molecule has 3 heterocycles. The fraction of sp³-hybridized carbons (Fsp3) is 0.583. The third kappa shape index (κ3) is 2.12. The molecule has 0 unspecified atom stereocenters. The topological polar surface area (TPSA) is 46.2 Å². The maximum atomic E-state index is 13.4. The van der Waals surface area contributed by atoms with Gasteiger partial charge in [-0.25, -0.2) is 9.37 Å². The van der Waals surface area contributed by atoms with E-state index in [4.69, 9.17) is 4.74 Å². The molecule has 2 aliphatic heterocycles. The quantitative estimate of drug-likeness (QED) is 0.810. The van der Waals surface area contributed by atoms with Crippen LogP contribution in [0.15, 0.2) is 18.3 Å². The van der Waals surface area contributed by atoms with Crippen molar-refractivity contribution < 1.29 is 9.13 Å². The lowest BCUT2D eigenvalue weighted by Gasteiger charge is -2.20. The first kappa shape index (κ1) is 10.9. The Bertz CT molecular complexity index is 406. The molecule has 1 aromatic heterocycles. The van der Waals surface area contributed by atoms with Crippen molar-refractivity contribution in [2.24, 2.45) is 0 Å². The highest BCUT2D eigenvalue weighted by molar-refractivity contribution is 5.37. The van der Waals surface area contributed by atoms with Crippen LogP contribution in [0.1, 0.15) is 12.8 Å². The lowest BCUT2D eigenvalue weighted by Crippen LogP contribution is -2.31. The Morgan fingerprint density at radius 2 is 2.53 bits per heavy atom. The molecule has 0 aromatic carbocycles. The Labute approximate surface area is 99.6 Å². The summed E-state index contributed by atoms with van der Waals surface area (Å²) in [6.45, 7) is 2.53. The maximum absolute atomic E-state index is 13.4. The predicted octanol–water partition coefficient (Wildman–Crippen LogP) is 1.15. The number of halogens is 1. The number of hydrogen-bond donors (Lipinski definition) is 2. The van der Waals surface area contributed by atoms with Crippen molar-refractivity contribution >= 4 is 5.82 Å². The van der Waals surface area contributed by atoms with E-state index in [9.17, 15) is 4.39 Å². The van der Waals surface area contributed by atoms with Gasteiger partial charge >= 0.3 is 0 Å². The minimum absolute atomic E-state index is 0.0388. The van der Waals surface area contributed by atoms with E-state index >= 15 is 0 Å². The largest absolute Gasteiger partial charge is 0.371 e. The SMILES string of the molecule is Fc1cccnc1N[C@H]1CO[C@]2(CCNC2)C1. The second-order valence-corrected chi connectivity index (χ2v) is 4.80. The summed E-state index contributed by atoms with van der Waals surface area (Å²) in [5, 5.41) is 6.43. The Kier molecular flexibility index (Phi) is 2.72. The molecule has 2 saturated heterocycles. The van der Waals surface area contributed by atoms with E-state index in [0.717, 1.165) is 25.9 Å². The second-order valence-electron chi connectivity index (χ2n) is 4.80. The summed E-state index contributed by atoms with van der Waals surface area (Å²) < 4.78 is 19.3. The summed E-state index contributed by atoms with van der Waals surface area (Å²) in [6.07, 6.45) is 3.54. The van der Waals surface area contributed by atoms with Gasteiger partial charge in [-0.3, -0.25) is 0 Å². The van der Waals surface area contributed by atoms with E-state index in [-0.39, 0.29) is 17.5 Å². The maximum Gasteiger partial charge on any atom is 0.165 e. The Hall–Kier alpha value is -1.20. The summed E-state index contributed by atoms with van der Waals surface area (Å²) in [6, 6.07) is 3.16. The smallest absolute Gasteiger partial charge is 0.165 e. The van der Waals surface area contributed by atoms with Crippen LogP contribution in [0.25, 0.3) is 0 Å². The van der Waals surface area contributed by atoms with Gasteiger partial charge in [-0.05, 0) is 25.1 Å². The summed E-state index contributed by atoms with van der Waals surface area (Å²) in [5.74, 6) is 0.0158. The van der Waals surface area contributed by atoms with Crippen LogP contribution in [-0.4, -0.2) is 36.3 Å². The highest BCUT2D eigenvalue weighted by Gasteiger charge is 2.42. The monoisotopic (exact) mass is 237 g/mol. The molecule has 92 valence electrons. The van der Waals surface area contributed by atoms with Crippen LogP contribution >= 0.6 is 0 Å². The molecule has 0 aliphatic carbocycles. The van der Waals surface area contributed by atoms with Gasteiger partial charge in [0.1, 0.15) is 0 Å². The van der Waals surface area contributed by atoms with Crippen molar-refractivity contribution in [1.29, 1.82) is 0 Å². The molecular weight excluding hydrogens is 221 g/mol. The zero-order valence-corrected chi connectivity index (χ0v) is 9.58. The van der Waals surface area contributed by atoms with Crippen molar-refractivity contribution in [3.8, 4) is 0 Å². The van der Waals surface area contributed by atoms with Crippen LogP contribution in [-0.2, 0) is 4.74 Å². The summed E-state index contributed by atoms with van der Waals surface area (Å²) >= 11 is 0. The minimum Gasteiger partial charge on any atom is -0.371 e. The lowest BCUT2D eigenvalue weighted by atomic mass is 9.97. The first-order chi connectivity index (χ1) is 8.27. The van der Waals surface area contributed by atoms with Crippen molar-refractivity contribution in [3.05, 3.63) is 24.1 Å². The molecule has 1 spiro atoms. The molecule has 17 heavy (non-hydrogen) atoms. The van der Waals surface area contributed by atoms with Gasteiger partial charge in [-0.2, -0.15) is 0 Å². The molecule has 0 bridgehead atoms. The minimum atomic E-state index is -0.307. The Morgan fingerprint density at radius 3 is 3.29 bits per heavy atom. The fourth-order valence-corrected chi connectivity index (χ4v) is 2.64. The molecule has 0 amide bonds. The first-order valence-electron chi connectivity index (χ1n) is 5.99. The average molecular weight is 237 g/mol. The number of nitrogens with one attached hydrogen (secondary N) is 2. The molecule has 2 fully saturated rings. The third-order valence-electron chi connectivity index (χ3n) is 3.51. The molecule has 4 nitrogen and oxygen atoms in total. The summed E-state index contributed by atoms with van der Waals surface area (Å²) in [5.41, 5.74) is -0.0388. The van der Waals surface area contributed by atoms with Gasteiger partial charge in [-0.15, -0.1) is 0 Å². The van der Waals surface area contributed by atoms with Crippen LogP contribution in [0, 0.1) is 5.82 Å². The molecule has 2 N–H and O–H groups in total. The number of hydrogen-bond acceptors (Lipinski definition) is 4. The van der Waals surface area contributed by atoms with Crippen molar-refractivity contribution in [1.82, 2.24) is 10.3 Å². The number of aromatic nitrogens is 1.